The van der Waals surface area contributed by atoms with E-state index in [4.69, 9.17) is 5.73 Å². The third-order valence-corrected chi connectivity index (χ3v) is 3.85. The first-order chi connectivity index (χ1) is 9.46. The van der Waals surface area contributed by atoms with E-state index in [0.29, 0.717) is 13.1 Å². The molecule has 0 spiro atoms. The molecule has 0 radical (unpaired) electrons. The second-order valence-electron chi connectivity index (χ2n) is 5.50. The maximum absolute atomic E-state index is 12.5. The van der Waals surface area contributed by atoms with Gasteiger partial charge < -0.3 is 16.0 Å². The van der Waals surface area contributed by atoms with Crippen molar-refractivity contribution in [3.05, 3.63) is 29.8 Å². The summed E-state index contributed by atoms with van der Waals surface area (Å²) in [5.74, 6) is 0. The molecule has 0 bridgehead atoms. The molecule has 0 saturated heterocycles. The predicted molar refractivity (Wildman–Crippen MR) is 84.9 cm³/mol. The Hall–Kier alpha value is -1.55. The number of benzene rings is 1. The Kier molecular flexibility index (Phi) is 6.02. The Balaban J connectivity index is 2.86. The smallest absolute Gasteiger partial charge is 0.322 e. The van der Waals surface area contributed by atoms with E-state index < -0.39 is 0 Å². The highest BCUT2D eigenvalue weighted by atomic mass is 16.2. The van der Waals surface area contributed by atoms with Crippen molar-refractivity contribution in [3.63, 3.8) is 0 Å². The molecule has 4 nitrogen and oxygen atoms in total. The van der Waals surface area contributed by atoms with Crippen molar-refractivity contribution < 1.29 is 4.79 Å². The van der Waals surface area contributed by atoms with Crippen molar-refractivity contribution >= 4 is 11.7 Å². The van der Waals surface area contributed by atoms with Crippen LogP contribution in [0.5, 0.6) is 0 Å². The summed E-state index contributed by atoms with van der Waals surface area (Å²) in [5.41, 5.74) is 7.57. The average Bonchev–Trinajstić information content (AvgIpc) is 2.46. The van der Waals surface area contributed by atoms with Crippen molar-refractivity contribution in [1.29, 1.82) is 0 Å². The number of urea groups is 1. The van der Waals surface area contributed by atoms with Gasteiger partial charge in [-0.2, -0.15) is 0 Å². The summed E-state index contributed by atoms with van der Waals surface area (Å²) < 4.78 is 0. The van der Waals surface area contributed by atoms with Gasteiger partial charge >= 0.3 is 6.03 Å². The largest absolute Gasteiger partial charge is 0.328 e. The number of rotatable bonds is 6. The Bertz CT molecular complexity index is 424. The zero-order chi connectivity index (χ0) is 15.2. The van der Waals surface area contributed by atoms with E-state index in [9.17, 15) is 4.79 Å². The lowest BCUT2D eigenvalue weighted by molar-refractivity contribution is 0.135. The molecule has 0 aromatic heterocycles. The lowest BCUT2D eigenvalue weighted by Crippen LogP contribution is -2.55. The zero-order valence-corrected chi connectivity index (χ0v) is 13.1. The number of carbonyl (C=O) groups is 1. The van der Waals surface area contributed by atoms with Crippen molar-refractivity contribution in [2.45, 2.75) is 46.1 Å². The molecule has 2 amide bonds. The van der Waals surface area contributed by atoms with Crippen LogP contribution in [0.4, 0.5) is 10.5 Å². The van der Waals surface area contributed by atoms with Gasteiger partial charge in [-0.3, -0.25) is 0 Å². The number of amides is 2. The summed E-state index contributed by atoms with van der Waals surface area (Å²) in [6, 6.07) is 7.74. The minimum absolute atomic E-state index is 0.0782. The topological polar surface area (TPSA) is 58.4 Å². The van der Waals surface area contributed by atoms with Crippen LogP contribution in [0.25, 0.3) is 0 Å². The molecule has 0 aliphatic rings. The third kappa shape index (κ3) is 3.97. The first-order valence-corrected chi connectivity index (χ1v) is 7.32. The molecule has 3 N–H and O–H groups in total. The average molecular weight is 277 g/mol. The van der Waals surface area contributed by atoms with Crippen molar-refractivity contribution in [3.8, 4) is 0 Å². The second-order valence-corrected chi connectivity index (χ2v) is 5.50. The molecule has 0 aliphatic heterocycles. The SMILES string of the molecule is CCCN(C(=O)Nc1ccc(C)cc1)C(C)(CC)CN. The summed E-state index contributed by atoms with van der Waals surface area (Å²) in [4.78, 5) is 14.4. The van der Waals surface area contributed by atoms with Gasteiger partial charge in [0, 0.05) is 18.8 Å². The number of nitrogens with zero attached hydrogens (tertiary/aromatic N) is 1. The summed E-state index contributed by atoms with van der Waals surface area (Å²) >= 11 is 0. The van der Waals surface area contributed by atoms with E-state index in [0.717, 1.165) is 18.5 Å². The number of anilines is 1. The van der Waals surface area contributed by atoms with E-state index in [1.165, 1.54) is 5.56 Å². The molecule has 0 aliphatic carbocycles. The second kappa shape index (κ2) is 7.29. The van der Waals surface area contributed by atoms with Crippen LogP contribution in [0.15, 0.2) is 24.3 Å². The minimum Gasteiger partial charge on any atom is -0.328 e. The van der Waals surface area contributed by atoms with Gasteiger partial charge in [0.05, 0.1) is 5.54 Å². The van der Waals surface area contributed by atoms with Crippen molar-refractivity contribution in [1.82, 2.24) is 4.90 Å². The fourth-order valence-corrected chi connectivity index (χ4v) is 2.11. The quantitative estimate of drug-likeness (QED) is 0.837. The lowest BCUT2D eigenvalue weighted by atomic mass is 9.96. The highest BCUT2D eigenvalue weighted by Crippen LogP contribution is 2.20. The molecule has 0 heterocycles. The van der Waals surface area contributed by atoms with Gasteiger partial charge in [-0.15, -0.1) is 0 Å². The molecular weight excluding hydrogens is 250 g/mol. The zero-order valence-electron chi connectivity index (χ0n) is 13.1. The van der Waals surface area contributed by atoms with Gasteiger partial charge in [0.1, 0.15) is 0 Å². The molecule has 0 fully saturated rings. The minimum atomic E-state index is -0.301. The maximum atomic E-state index is 12.5. The molecule has 1 aromatic rings. The fraction of sp³-hybridized carbons (Fsp3) is 0.562. The molecule has 1 atom stereocenters. The molecule has 4 heteroatoms. The molecule has 0 saturated carbocycles. The van der Waals surface area contributed by atoms with Gasteiger partial charge in [0.25, 0.3) is 0 Å². The normalized spacial score (nSPS) is 13.7. The monoisotopic (exact) mass is 277 g/mol. The van der Waals surface area contributed by atoms with Crippen LogP contribution < -0.4 is 11.1 Å². The lowest BCUT2D eigenvalue weighted by Gasteiger charge is -2.40. The third-order valence-electron chi connectivity index (χ3n) is 3.85. The first kappa shape index (κ1) is 16.5. The Morgan fingerprint density at radius 1 is 1.30 bits per heavy atom. The van der Waals surface area contributed by atoms with Crippen molar-refractivity contribution in [2.75, 3.05) is 18.4 Å². The molecule has 112 valence electrons. The molecule has 1 aromatic carbocycles. The molecular formula is C16H27N3O. The number of hydrogen-bond acceptors (Lipinski definition) is 2. The fourth-order valence-electron chi connectivity index (χ4n) is 2.11. The van der Waals surface area contributed by atoms with E-state index in [-0.39, 0.29) is 11.6 Å². The molecule has 1 rings (SSSR count). The van der Waals surface area contributed by atoms with Gasteiger partial charge in [-0.25, -0.2) is 4.79 Å². The van der Waals surface area contributed by atoms with Crippen LogP contribution in [-0.4, -0.2) is 29.6 Å². The van der Waals surface area contributed by atoms with Gasteiger partial charge in [-0.1, -0.05) is 31.5 Å². The first-order valence-electron chi connectivity index (χ1n) is 7.32. The van der Waals surface area contributed by atoms with Crippen LogP contribution in [-0.2, 0) is 0 Å². The number of nitrogens with one attached hydrogen (secondary N) is 1. The van der Waals surface area contributed by atoms with Crippen LogP contribution in [0.1, 0.15) is 39.2 Å². The van der Waals surface area contributed by atoms with Gasteiger partial charge in [0.15, 0.2) is 0 Å². The Labute approximate surface area is 122 Å². The highest BCUT2D eigenvalue weighted by Gasteiger charge is 2.31. The Morgan fingerprint density at radius 3 is 2.35 bits per heavy atom. The van der Waals surface area contributed by atoms with Crippen molar-refractivity contribution in [2.24, 2.45) is 5.73 Å². The van der Waals surface area contributed by atoms with Crippen LogP contribution in [0.2, 0.25) is 0 Å². The number of aryl methyl sites for hydroxylation is 1. The van der Waals surface area contributed by atoms with E-state index in [2.05, 4.69) is 19.2 Å². The van der Waals surface area contributed by atoms with Crippen LogP contribution in [0, 0.1) is 6.92 Å². The Morgan fingerprint density at radius 2 is 1.90 bits per heavy atom. The number of nitrogens with two attached hydrogens (primary N) is 1. The summed E-state index contributed by atoms with van der Waals surface area (Å²) in [7, 11) is 0. The molecule has 1 unspecified atom stereocenters. The van der Waals surface area contributed by atoms with Crippen LogP contribution in [0.3, 0.4) is 0 Å². The molecule has 20 heavy (non-hydrogen) atoms. The predicted octanol–water partition coefficient (Wildman–Crippen LogP) is 3.37. The van der Waals surface area contributed by atoms with Gasteiger partial charge in [0.2, 0.25) is 0 Å². The maximum Gasteiger partial charge on any atom is 0.322 e. The standard InChI is InChI=1S/C16H27N3O/c1-5-11-19(16(4,6-2)12-17)15(20)18-14-9-7-13(3)8-10-14/h7-10H,5-6,11-12,17H2,1-4H3,(H,18,20). The van der Waals surface area contributed by atoms with E-state index in [1.807, 2.05) is 43.0 Å². The number of hydrogen-bond donors (Lipinski definition) is 2. The van der Waals surface area contributed by atoms with Gasteiger partial charge in [-0.05, 0) is 38.8 Å². The number of carbonyl (C=O) groups excluding carboxylic acids is 1. The van der Waals surface area contributed by atoms with Crippen LogP contribution >= 0.6 is 0 Å². The summed E-state index contributed by atoms with van der Waals surface area (Å²) in [6.07, 6.45) is 1.75. The highest BCUT2D eigenvalue weighted by molar-refractivity contribution is 5.89. The van der Waals surface area contributed by atoms with E-state index >= 15 is 0 Å². The van der Waals surface area contributed by atoms with E-state index in [1.54, 1.807) is 0 Å². The summed E-state index contributed by atoms with van der Waals surface area (Å²) in [5, 5.41) is 2.96. The summed E-state index contributed by atoms with van der Waals surface area (Å²) in [6.45, 7) is 9.37.